The lowest BCUT2D eigenvalue weighted by Crippen LogP contribution is -2.38. The summed E-state index contributed by atoms with van der Waals surface area (Å²) in [6, 6.07) is 8.65. The van der Waals surface area contributed by atoms with Gasteiger partial charge in [-0.2, -0.15) is 0 Å². The van der Waals surface area contributed by atoms with Gasteiger partial charge in [0, 0.05) is 19.8 Å². The Labute approximate surface area is 121 Å². The van der Waals surface area contributed by atoms with Crippen LogP contribution in [0, 0.1) is 5.92 Å². The minimum absolute atomic E-state index is 0.316. The maximum atomic E-state index is 5.73. The van der Waals surface area contributed by atoms with E-state index in [1.54, 1.807) is 7.11 Å². The summed E-state index contributed by atoms with van der Waals surface area (Å²) in [5.74, 6) is 7.80. The van der Waals surface area contributed by atoms with Gasteiger partial charge in [-0.1, -0.05) is 25.1 Å². The van der Waals surface area contributed by atoms with Crippen molar-refractivity contribution in [3.63, 3.8) is 0 Å². The van der Waals surface area contributed by atoms with Crippen LogP contribution in [0.3, 0.4) is 0 Å². The monoisotopic (exact) mass is 278 g/mol. The molecule has 3 N–H and O–H groups in total. The average Bonchev–Trinajstić information content (AvgIpc) is 2.47. The molecule has 0 saturated heterocycles. The van der Waals surface area contributed by atoms with Crippen molar-refractivity contribution in [2.75, 3.05) is 20.3 Å². The molecule has 1 aromatic carbocycles. The molecule has 1 heterocycles. The van der Waals surface area contributed by atoms with Gasteiger partial charge in [0.05, 0.1) is 6.61 Å². The first-order chi connectivity index (χ1) is 9.74. The molecule has 4 nitrogen and oxygen atoms in total. The Kier molecular flexibility index (Phi) is 5.83. The summed E-state index contributed by atoms with van der Waals surface area (Å²) in [5.41, 5.74) is 4.29. The predicted octanol–water partition coefficient (Wildman–Crippen LogP) is 2.45. The Bertz CT molecular complexity index is 411. The highest BCUT2D eigenvalue weighted by Crippen LogP contribution is 2.36. The van der Waals surface area contributed by atoms with Crippen LogP contribution in [0.5, 0.6) is 5.75 Å². The summed E-state index contributed by atoms with van der Waals surface area (Å²) in [7, 11) is 1.75. The lowest BCUT2D eigenvalue weighted by Gasteiger charge is -2.29. The van der Waals surface area contributed by atoms with Crippen molar-refractivity contribution in [3.05, 3.63) is 29.8 Å². The zero-order valence-electron chi connectivity index (χ0n) is 12.5. The standard InChI is InChI=1S/C16H26N2O2/c1-12(11-19-2)9-14(18-17)10-13-7-8-20-16-6-4-3-5-15(13)16/h3-6,12-14,18H,7-11,17H2,1-2H3. The minimum atomic E-state index is 0.316. The van der Waals surface area contributed by atoms with E-state index in [0.29, 0.717) is 17.9 Å². The molecule has 112 valence electrons. The number of methoxy groups -OCH3 is 1. The SMILES string of the molecule is COCC(C)CC(CC1CCOc2ccccc21)NN. The van der Waals surface area contributed by atoms with Gasteiger partial charge >= 0.3 is 0 Å². The number of nitrogens with one attached hydrogen (secondary N) is 1. The van der Waals surface area contributed by atoms with Crippen molar-refractivity contribution in [1.29, 1.82) is 0 Å². The van der Waals surface area contributed by atoms with E-state index < -0.39 is 0 Å². The Morgan fingerprint density at radius 3 is 3.00 bits per heavy atom. The van der Waals surface area contributed by atoms with Crippen LogP contribution in [-0.4, -0.2) is 26.4 Å². The Morgan fingerprint density at radius 1 is 1.45 bits per heavy atom. The zero-order valence-corrected chi connectivity index (χ0v) is 12.5. The zero-order chi connectivity index (χ0) is 14.4. The highest BCUT2D eigenvalue weighted by Gasteiger charge is 2.24. The molecule has 0 aliphatic carbocycles. The molecule has 0 fully saturated rings. The third-order valence-electron chi connectivity index (χ3n) is 4.03. The largest absolute Gasteiger partial charge is 0.493 e. The van der Waals surface area contributed by atoms with Gasteiger partial charge in [0.1, 0.15) is 5.75 Å². The molecule has 0 spiro atoms. The van der Waals surface area contributed by atoms with Crippen LogP contribution >= 0.6 is 0 Å². The molecule has 0 radical (unpaired) electrons. The van der Waals surface area contributed by atoms with Gasteiger partial charge in [-0.15, -0.1) is 0 Å². The van der Waals surface area contributed by atoms with Crippen LogP contribution in [0.4, 0.5) is 0 Å². The van der Waals surface area contributed by atoms with Gasteiger partial charge in [0.2, 0.25) is 0 Å². The van der Waals surface area contributed by atoms with Crippen molar-refractivity contribution in [1.82, 2.24) is 5.43 Å². The number of nitrogens with two attached hydrogens (primary N) is 1. The van der Waals surface area contributed by atoms with Crippen molar-refractivity contribution in [2.24, 2.45) is 11.8 Å². The predicted molar refractivity (Wildman–Crippen MR) is 80.7 cm³/mol. The fraction of sp³-hybridized carbons (Fsp3) is 0.625. The van der Waals surface area contributed by atoms with E-state index >= 15 is 0 Å². The number of ether oxygens (including phenoxy) is 2. The molecule has 20 heavy (non-hydrogen) atoms. The summed E-state index contributed by atoms with van der Waals surface area (Å²) in [6.45, 7) is 3.78. The molecule has 3 unspecified atom stereocenters. The molecule has 4 heteroatoms. The van der Waals surface area contributed by atoms with Crippen molar-refractivity contribution >= 4 is 0 Å². The summed E-state index contributed by atoms with van der Waals surface area (Å²) in [5, 5.41) is 0. The Hall–Kier alpha value is -1.10. The summed E-state index contributed by atoms with van der Waals surface area (Å²) < 4.78 is 10.9. The van der Waals surface area contributed by atoms with Crippen LogP contribution in [-0.2, 0) is 4.74 Å². The molecule has 1 aliphatic heterocycles. The molecule has 0 bridgehead atoms. The van der Waals surface area contributed by atoms with E-state index in [1.807, 2.05) is 6.07 Å². The van der Waals surface area contributed by atoms with Crippen molar-refractivity contribution in [2.45, 2.75) is 38.1 Å². The smallest absolute Gasteiger partial charge is 0.122 e. The Morgan fingerprint density at radius 2 is 2.25 bits per heavy atom. The normalized spacial score (nSPS) is 20.9. The van der Waals surface area contributed by atoms with Crippen LogP contribution in [0.2, 0.25) is 0 Å². The van der Waals surface area contributed by atoms with Gasteiger partial charge < -0.3 is 9.47 Å². The average molecular weight is 278 g/mol. The number of fused-ring (bicyclic) bond motifs is 1. The van der Waals surface area contributed by atoms with E-state index in [4.69, 9.17) is 15.3 Å². The topological polar surface area (TPSA) is 56.5 Å². The quantitative estimate of drug-likeness (QED) is 0.594. The van der Waals surface area contributed by atoms with Crippen LogP contribution in [0.1, 0.15) is 37.7 Å². The molecule has 0 saturated carbocycles. The summed E-state index contributed by atoms with van der Waals surface area (Å²) >= 11 is 0. The lowest BCUT2D eigenvalue weighted by molar-refractivity contribution is 0.146. The van der Waals surface area contributed by atoms with Gasteiger partial charge in [0.15, 0.2) is 0 Å². The maximum Gasteiger partial charge on any atom is 0.122 e. The first-order valence-corrected chi connectivity index (χ1v) is 7.41. The lowest BCUT2D eigenvalue weighted by atomic mass is 9.85. The number of hydrazine groups is 1. The molecular formula is C16H26N2O2. The van der Waals surface area contributed by atoms with Crippen molar-refractivity contribution in [3.8, 4) is 5.75 Å². The first-order valence-electron chi connectivity index (χ1n) is 7.41. The van der Waals surface area contributed by atoms with Crippen LogP contribution in [0.15, 0.2) is 24.3 Å². The molecule has 0 amide bonds. The third-order valence-corrected chi connectivity index (χ3v) is 4.03. The second kappa shape index (κ2) is 7.62. The number of para-hydroxylation sites is 1. The van der Waals surface area contributed by atoms with Crippen LogP contribution < -0.4 is 16.0 Å². The van der Waals surface area contributed by atoms with Crippen LogP contribution in [0.25, 0.3) is 0 Å². The third kappa shape index (κ3) is 3.95. The molecule has 1 aromatic rings. The van der Waals surface area contributed by atoms with E-state index in [2.05, 4.69) is 30.5 Å². The number of hydrogen-bond acceptors (Lipinski definition) is 4. The Balaban J connectivity index is 1.98. The minimum Gasteiger partial charge on any atom is -0.493 e. The van der Waals surface area contributed by atoms with E-state index in [9.17, 15) is 0 Å². The van der Waals surface area contributed by atoms with Gasteiger partial charge in [-0.25, -0.2) is 0 Å². The first kappa shape index (κ1) is 15.3. The van der Waals surface area contributed by atoms with E-state index in [1.165, 1.54) is 5.56 Å². The number of hydrogen-bond donors (Lipinski definition) is 2. The second-order valence-electron chi connectivity index (χ2n) is 5.77. The summed E-state index contributed by atoms with van der Waals surface area (Å²) in [6.07, 6.45) is 3.14. The molecule has 3 atom stereocenters. The van der Waals surface area contributed by atoms with Crippen molar-refractivity contribution < 1.29 is 9.47 Å². The van der Waals surface area contributed by atoms with E-state index in [0.717, 1.165) is 38.2 Å². The number of rotatable bonds is 7. The highest BCUT2D eigenvalue weighted by atomic mass is 16.5. The molecule has 1 aliphatic rings. The fourth-order valence-electron chi connectivity index (χ4n) is 3.07. The molecular weight excluding hydrogens is 252 g/mol. The highest BCUT2D eigenvalue weighted by molar-refractivity contribution is 5.37. The molecule has 0 aromatic heterocycles. The van der Waals surface area contributed by atoms with E-state index in [-0.39, 0.29) is 0 Å². The maximum absolute atomic E-state index is 5.73. The summed E-state index contributed by atoms with van der Waals surface area (Å²) in [4.78, 5) is 0. The van der Waals surface area contributed by atoms with Gasteiger partial charge in [0.25, 0.3) is 0 Å². The van der Waals surface area contributed by atoms with Gasteiger partial charge in [-0.05, 0) is 42.7 Å². The molecule has 2 rings (SSSR count). The van der Waals surface area contributed by atoms with Gasteiger partial charge in [-0.3, -0.25) is 11.3 Å². The fourth-order valence-corrected chi connectivity index (χ4v) is 3.07. The number of benzene rings is 1. The second-order valence-corrected chi connectivity index (χ2v) is 5.77.